The third kappa shape index (κ3) is 4.73. The Morgan fingerprint density at radius 3 is 2.64 bits per heavy atom. The summed E-state index contributed by atoms with van der Waals surface area (Å²) in [6.07, 6.45) is 0.0687. The van der Waals surface area contributed by atoms with E-state index in [0.29, 0.717) is 16.5 Å². The van der Waals surface area contributed by atoms with Gasteiger partial charge in [-0.1, -0.05) is 11.6 Å². The Kier molecular flexibility index (Phi) is 6.03. The second-order valence-electron chi connectivity index (χ2n) is 5.50. The fraction of sp³-hybridized carbons (Fsp3) is 0.353. The molecule has 1 aromatic heterocycles. The molecular weight excluding hydrogens is 346 g/mol. The first-order chi connectivity index (χ1) is 11.8. The minimum Gasteiger partial charge on any atom is -0.495 e. The number of halogens is 1. The van der Waals surface area contributed by atoms with Gasteiger partial charge in [-0.05, 0) is 32.0 Å². The molecule has 0 aliphatic rings. The van der Waals surface area contributed by atoms with Crippen molar-refractivity contribution < 1.29 is 19.1 Å². The number of hydrogen-bond acceptors (Lipinski definition) is 5. The van der Waals surface area contributed by atoms with Gasteiger partial charge in [0.2, 0.25) is 0 Å². The van der Waals surface area contributed by atoms with Crippen LogP contribution in [0.15, 0.2) is 18.2 Å². The molecule has 0 aliphatic heterocycles. The number of aromatic nitrogens is 2. The largest absolute Gasteiger partial charge is 0.495 e. The smallest absolute Gasteiger partial charge is 0.310 e. The highest BCUT2D eigenvalue weighted by molar-refractivity contribution is 6.31. The average molecular weight is 366 g/mol. The van der Waals surface area contributed by atoms with Crippen molar-refractivity contribution in [3.8, 4) is 5.75 Å². The Morgan fingerprint density at radius 2 is 2.04 bits per heavy atom. The Labute approximate surface area is 150 Å². The van der Waals surface area contributed by atoms with Gasteiger partial charge in [0.05, 0.1) is 24.9 Å². The highest BCUT2D eigenvalue weighted by Crippen LogP contribution is 2.27. The molecule has 0 saturated carbocycles. The van der Waals surface area contributed by atoms with E-state index in [-0.39, 0.29) is 6.42 Å². The summed E-state index contributed by atoms with van der Waals surface area (Å²) in [5.74, 6) is -0.508. The van der Waals surface area contributed by atoms with Crippen LogP contribution in [0.3, 0.4) is 0 Å². The number of esters is 1. The molecule has 1 aromatic carbocycles. The maximum atomic E-state index is 12.0. The third-order valence-corrected chi connectivity index (χ3v) is 4.01. The van der Waals surface area contributed by atoms with Crippen molar-refractivity contribution in [2.45, 2.75) is 20.3 Å². The number of nitrogens with zero attached hydrogens (tertiary/aromatic N) is 2. The van der Waals surface area contributed by atoms with Crippen molar-refractivity contribution in [2.75, 3.05) is 19.0 Å². The third-order valence-electron chi connectivity index (χ3n) is 3.78. The van der Waals surface area contributed by atoms with Crippen LogP contribution >= 0.6 is 11.6 Å². The number of amides is 1. The molecule has 1 amide bonds. The number of nitrogens with one attached hydrogen (secondary N) is 1. The SMILES string of the molecule is COc1ccc(Cl)cc1NC(=O)COC(=O)Cc1c(C)nn(C)c1C. The zero-order valence-corrected chi connectivity index (χ0v) is 15.3. The summed E-state index contributed by atoms with van der Waals surface area (Å²) in [7, 11) is 3.29. The minimum absolute atomic E-state index is 0.0687. The number of hydrogen-bond donors (Lipinski definition) is 1. The summed E-state index contributed by atoms with van der Waals surface area (Å²) in [4.78, 5) is 24.0. The van der Waals surface area contributed by atoms with Crippen LogP contribution in [0, 0.1) is 13.8 Å². The molecule has 0 bridgehead atoms. The van der Waals surface area contributed by atoms with Crippen LogP contribution < -0.4 is 10.1 Å². The van der Waals surface area contributed by atoms with Gasteiger partial charge in [0, 0.05) is 23.3 Å². The number of carbonyl (C=O) groups is 2. The van der Waals surface area contributed by atoms with Gasteiger partial charge in [-0.2, -0.15) is 5.10 Å². The second kappa shape index (κ2) is 8.02. The van der Waals surface area contributed by atoms with Gasteiger partial charge in [0.25, 0.3) is 5.91 Å². The van der Waals surface area contributed by atoms with E-state index in [1.54, 1.807) is 22.9 Å². The van der Waals surface area contributed by atoms with E-state index in [9.17, 15) is 9.59 Å². The zero-order chi connectivity index (χ0) is 18.6. The molecule has 7 nitrogen and oxygen atoms in total. The van der Waals surface area contributed by atoms with Crippen molar-refractivity contribution in [3.63, 3.8) is 0 Å². The number of anilines is 1. The van der Waals surface area contributed by atoms with Gasteiger partial charge < -0.3 is 14.8 Å². The van der Waals surface area contributed by atoms with Crippen LogP contribution in [0.5, 0.6) is 5.75 Å². The molecule has 1 N–H and O–H groups in total. The lowest BCUT2D eigenvalue weighted by Gasteiger charge is -2.11. The summed E-state index contributed by atoms with van der Waals surface area (Å²) in [6.45, 7) is 3.31. The zero-order valence-electron chi connectivity index (χ0n) is 14.6. The maximum absolute atomic E-state index is 12.0. The van der Waals surface area contributed by atoms with Crippen LogP contribution in [0.1, 0.15) is 17.0 Å². The predicted molar refractivity (Wildman–Crippen MR) is 94.0 cm³/mol. The fourth-order valence-corrected chi connectivity index (χ4v) is 2.55. The highest BCUT2D eigenvalue weighted by atomic mass is 35.5. The lowest BCUT2D eigenvalue weighted by Crippen LogP contribution is -2.22. The van der Waals surface area contributed by atoms with Crippen molar-refractivity contribution in [2.24, 2.45) is 7.05 Å². The van der Waals surface area contributed by atoms with Crippen LogP contribution in [-0.4, -0.2) is 35.4 Å². The summed E-state index contributed by atoms with van der Waals surface area (Å²) in [5.41, 5.74) is 2.88. The summed E-state index contributed by atoms with van der Waals surface area (Å²) in [5, 5.41) is 7.31. The number of rotatable bonds is 6. The average Bonchev–Trinajstić information content (AvgIpc) is 2.79. The molecule has 8 heteroatoms. The molecule has 0 fully saturated rings. The predicted octanol–water partition coefficient (Wildman–Crippen LogP) is 2.42. The van der Waals surface area contributed by atoms with Crippen molar-refractivity contribution in [1.29, 1.82) is 0 Å². The van der Waals surface area contributed by atoms with Crippen molar-refractivity contribution >= 4 is 29.2 Å². The van der Waals surface area contributed by atoms with Gasteiger partial charge in [-0.3, -0.25) is 14.3 Å². The molecule has 0 aliphatic carbocycles. The van der Waals surface area contributed by atoms with Gasteiger partial charge in [-0.15, -0.1) is 0 Å². The topological polar surface area (TPSA) is 82.4 Å². The van der Waals surface area contributed by atoms with Gasteiger partial charge >= 0.3 is 5.97 Å². The minimum atomic E-state index is -0.493. The monoisotopic (exact) mass is 365 g/mol. The van der Waals surface area contributed by atoms with E-state index in [2.05, 4.69) is 10.4 Å². The van der Waals surface area contributed by atoms with Crippen LogP contribution in [-0.2, 0) is 27.8 Å². The molecule has 0 saturated heterocycles. The number of benzene rings is 1. The molecule has 0 spiro atoms. The van der Waals surface area contributed by atoms with E-state index in [0.717, 1.165) is 17.0 Å². The van der Waals surface area contributed by atoms with E-state index in [1.807, 2.05) is 20.9 Å². The van der Waals surface area contributed by atoms with E-state index < -0.39 is 18.5 Å². The quantitative estimate of drug-likeness (QED) is 0.795. The van der Waals surface area contributed by atoms with Crippen molar-refractivity contribution in [3.05, 3.63) is 40.2 Å². The normalized spacial score (nSPS) is 10.4. The first kappa shape index (κ1) is 18.8. The fourth-order valence-electron chi connectivity index (χ4n) is 2.38. The van der Waals surface area contributed by atoms with Crippen LogP contribution in [0.4, 0.5) is 5.69 Å². The van der Waals surface area contributed by atoms with E-state index >= 15 is 0 Å². The van der Waals surface area contributed by atoms with Gasteiger partial charge in [-0.25, -0.2) is 0 Å². The number of carbonyl (C=O) groups excluding carboxylic acids is 2. The first-order valence-electron chi connectivity index (χ1n) is 7.60. The molecular formula is C17H20ClN3O4. The van der Waals surface area contributed by atoms with Crippen LogP contribution in [0.25, 0.3) is 0 Å². The Hall–Kier alpha value is -2.54. The Balaban J connectivity index is 1.92. The molecule has 2 rings (SSSR count). The van der Waals surface area contributed by atoms with Gasteiger partial charge in [0.1, 0.15) is 5.75 Å². The maximum Gasteiger partial charge on any atom is 0.310 e. The summed E-state index contributed by atoms with van der Waals surface area (Å²) < 4.78 is 11.9. The molecule has 2 aromatic rings. The summed E-state index contributed by atoms with van der Waals surface area (Å²) in [6, 6.07) is 4.84. The highest BCUT2D eigenvalue weighted by Gasteiger charge is 2.16. The van der Waals surface area contributed by atoms with Crippen molar-refractivity contribution in [1.82, 2.24) is 9.78 Å². The number of methoxy groups -OCH3 is 1. The lowest BCUT2D eigenvalue weighted by atomic mass is 10.1. The standard InChI is InChI=1S/C17H20ClN3O4/c1-10-13(11(2)21(3)20-10)8-17(23)25-9-16(22)19-14-7-12(18)5-6-15(14)24-4/h5-7H,8-9H2,1-4H3,(H,19,22). The number of ether oxygens (including phenoxy) is 2. The first-order valence-corrected chi connectivity index (χ1v) is 7.97. The van der Waals surface area contributed by atoms with Crippen LogP contribution in [0.2, 0.25) is 5.02 Å². The van der Waals surface area contributed by atoms with E-state index in [1.165, 1.54) is 7.11 Å². The molecule has 134 valence electrons. The molecule has 0 radical (unpaired) electrons. The Bertz CT molecular complexity index is 801. The van der Waals surface area contributed by atoms with Gasteiger partial charge in [0.15, 0.2) is 6.61 Å². The Morgan fingerprint density at radius 1 is 1.32 bits per heavy atom. The molecule has 1 heterocycles. The van der Waals surface area contributed by atoms with E-state index in [4.69, 9.17) is 21.1 Å². The molecule has 25 heavy (non-hydrogen) atoms. The second-order valence-corrected chi connectivity index (χ2v) is 5.94. The molecule has 0 atom stereocenters. The summed E-state index contributed by atoms with van der Waals surface area (Å²) >= 11 is 5.91. The lowest BCUT2D eigenvalue weighted by molar-refractivity contribution is -0.146. The number of aryl methyl sites for hydroxylation is 2. The molecule has 0 unspecified atom stereocenters.